The fraction of sp³-hybridized carbons (Fsp3) is 0.375. The average Bonchev–Trinajstić information content (AvgIpc) is 2.88. The standard InChI is InChI=1S/C16H20FNO2/c1-11(2)15(19)10-18-9-14-7-8-16(20-14)12-3-5-13(17)6-4-12/h3-8,11,15,18-19H,9-10H2,1-2H3. The van der Waals surface area contributed by atoms with Gasteiger partial charge < -0.3 is 14.8 Å². The Morgan fingerprint density at radius 2 is 1.85 bits per heavy atom. The van der Waals surface area contributed by atoms with Gasteiger partial charge in [0.05, 0.1) is 12.6 Å². The van der Waals surface area contributed by atoms with Crippen molar-refractivity contribution in [2.24, 2.45) is 5.92 Å². The number of rotatable bonds is 6. The highest BCUT2D eigenvalue weighted by molar-refractivity contribution is 5.57. The summed E-state index contributed by atoms with van der Waals surface area (Å²) >= 11 is 0. The lowest BCUT2D eigenvalue weighted by molar-refractivity contribution is 0.123. The van der Waals surface area contributed by atoms with Gasteiger partial charge in [-0.05, 0) is 42.3 Å². The molecule has 2 rings (SSSR count). The maximum atomic E-state index is 12.9. The molecular formula is C16H20FNO2. The van der Waals surface area contributed by atoms with Crippen LogP contribution >= 0.6 is 0 Å². The monoisotopic (exact) mass is 277 g/mol. The summed E-state index contributed by atoms with van der Waals surface area (Å²) in [4.78, 5) is 0. The first-order valence-electron chi connectivity index (χ1n) is 6.79. The van der Waals surface area contributed by atoms with Crippen molar-refractivity contribution in [3.8, 4) is 11.3 Å². The van der Waals surface area contributed by atoms with Gasteiger partial charge in [-0.25, -0.2) is 4.39 Å². The van der Waals surface area contributed by atoms with Gasteiger partial charge >= 0.3 is 0 Å². The normalized spacial score (nSPS) is 12.8. The van der Waals surface area contributed by atoms with E-state index in [4.69, 9.17) is 4.42 Å². The maximum Gasteiger partial charge on any atom is 0.134 e. The second kappa shape index (κ2) is 6.68. The molecule has 0 spiro atoms. The summed E-state index contributed by atoms with van der Waals surface area (Å²) in [6.45, 7) is 5.05. The van der Waals surface area contributed by atoms with Crippen molar-refractivity contribution in [3.05, 3.63) is 48.0 Å². The molecule has 0 aliphatic carbocycles. The fourth-order valence-electron chi connectivity index (χ4n) is 1.82. The van der Waals surface area contributed by atoms with Gasteiger partial charge in [0, 0.05) is 12.1 Å². The summed E-state index contributed by atoms with van der Waals surface area (Å²) in [5.74, 6) is 1.48. The molecule has 3 nitrogen and oxygen atoms in total. The lowest BCUT2D eigenvalue weighted by atomic mass is 10.1. The minimum atomic E-state index is -0.360. The SMILES string of the molecule is CC(C)C(O)CNCc1ccc(-c2ccc(F)cc2)o1. The van der Waals surface area contributed by atoms with Gasteiger partial charge in [-0.3, -0.25) is 0 Å². The number of nitrogens with one attached hydrogen (secondary N) is 1. The third-order valence-electron chi connectivity index (χ3n) is 3.21. The molecule has 108 valence electrons. The van der Waals surface area contributed by atoms with Crippen molar-refractivity contribution in [3.63, 3.8) is 0 Å². The Morgan fingerprint density at radius 3 is 2.50 bits per heavy atom. The molecule has 20 heavy (non-hydrogen) atoms. The van der Waals surface area contributed by atoms with Crippen molar-refractivity contribution >= 4 is 0 Å². The maximum absolute atomic E-state index is 12.9. The van der Waals surface area contributed by atoms with E-state index in [0.717, 1.165) is 11.3 Å². The van der Waals surface area contributed by atoms with Crippen molar-refractivity contribution in [1.29, 1.82) is 0 Å². The molecular weight excluding hydrogens is 257 g/mol. The molecule has 2 N–H and O–H groups in total. The van der Waals surface area contributed by atoms with Crippen molar-refractivity contribution in [1.82, 2.24) is 5.32 Å². The summed E-state index contributed by atoms with van der Waals surface area (Å²) in [5, 5.41) is 12.8. The minimum absolute atomic E-state index is 0.230. The molecule has 0 amide bonds. The summed E-state index contributed by atoms with van der Waals surface area (Å²) in [6.07, 6.45) is -0.360. The van der Waals surface area contributed by atoms with Gasteiger partial charge in [0.2, 0.25) is 0 Å². The van der Waals surface area contributed by atoms with Crippen LogP contribution in [0.15, 0.2) is 40.8 Å². The van der Waals surface area contributed by atoms with Gasteiger partial charge in [0.15, 0.2) is 0 Å². The fourth-order valence-corrected chi connectivity index (χ4v) is 1.82. The van der Waals surface area contributed by atoms with Gasteiger partial charge in [-0.15, -0.1) is 0 Å². The first-order valence-corrected chi connectivity index (χ1v) is 6.79. The molecule has 1 atom stereocenters. The zero-order valence-corrected chi connectivity index (χ0v) is 11.8. The molecule has 4 heteroatoms. The van der Waals surface area contributed by atoms with E-state index in [0.29, 0.717) is 18.8 Å². The molecule has 0 saturated heterocycles. The van der Waals surface area contributed by atoms with Crippen LogP contribution < -0.4 is 5.32 Å². The number of hydrogen-bond donors (Lipinski definition) is 2. The Balaban J connectivity index is 1.91. The van der Waals surface area contributed by atoms with Crippen LogP contribution in [-0.2, 0) is 6.54 Å². The second-order valence-electron chi connectivity index (χ2n) is 5.22. The molecule has 0 bridgehead atoms. The van der Waals surface area contributed by atoms with E-state index in [9.17, 15) is 9.50 Å². The van der Waals surface area contributed by atoms with Gasteiger partial charge in [-0.1, -0.05) is 13.8 Å². The van der Waals surface area contributed by atoms with Crippen LogP contribution in [0.4, 0.5) is 4.39 Å². The van der Waals surface area contributed by atoms with E-state index in [1.165, 1.54) is 12.1 Å². The number of halogens is 1. The Kier molecular flexibility index (Phi) is 4.93. The predicted molar refractivity (Wildman–Crippen MR) is 76.7 cm³/mol. The van der Waals surface area contributed by atoms with Crippen LogP contribution in [0.2, 0.25) is 0 Å². The minimum Gasteiger partial charge on any atom is -0.460 e. The average molecular weight is 277 g/mol. The largest absolute Gasteiger partial charge is 0.460 e. The topological polar surface area (TPSA) is 45.4 Å². The van der Waals surface area contributed by atoms with E-state index < -0.39 is 0 Å². The Labute approximate surface area is 118 Å². The number of hydrogen-bond acceptors (Lipinski definition) is 3. The molecule has 1 aromatic heterocycles. The quantitative estimate of drug-likeness (QED) is 0.852. The van der Waals surface area contributed by atoms with Crippen molar-refractivity contribution in [2.45, 2.75) is 26.5 Å². The second-order valence-corrected chi connectivity index (χ2v) is 5.22. The lowest BCUT2D eigenvalue weighted by Crippen LogP contribution is -2.30. The van der Waals surface area contributed by atoms with E-state index in [1.807, 2.05) is 26.0 Å². The highest BCUT2D eigenvalue weighted by Gasteiger charge is 2.09. The molecule has 1 aromatic carbocycles. The molecule has 2 aromatic rings. The summed E-state index contributed by atoms with van der Waals surface area (Å²) < 4.78 is 18.5. The predicted octanol–water partition coefficient (Wildman–Crippen LogP) is 3.19. The third kappa shape index (κ3) is 3.92. The van der Waals surface area contributed by atoms with Crippen LogP contribution in [-0.4, -0.2) is 17.8 Å². The van der Waals surface area contributed by atoms with Crippen LogP contribution in [0.3, 0.4) is 0 Å². The molecule has 1 heterocycles. The number of aliphatic hydroxyl groups excluding tert-OH is 1. The van der Waals surface area contributed by atoms with E-state index in [2.05, 4.69) is 5.32 Å². The molecule has 1 unspecified atom stereocenters. The summed E-state index contributed by atoms with van der Waals surface area (Å²) in [5.41, 5.74) is 0.847. The van der Waals surface area contributed by atoms with Gasteiger partial charge in [0.1, 0.15) is 17.3 Å². The highest BCUT2D eigenvalue weighted by Crippen LogP contribution is 2.22. The lowest BCUT2D eigenvalue weighted by Gasteiger charge is -2.14. The smallest absolute Gasteiger partial charge is 0.134 e. The van der Waals surface area contributed by atoms with Gasteiger partial charge in [0.25, 0.3) is 0 Å². The Bertz CT molecular complexity index is 534. The van der Waals surface area contributed by atoms with E-state index >= 15 is 0 Å². The molecule has 0 radical (unpaired) electrons. The van der Waals surface area contributed by atoms with Crippen LogP contribution in [0, 0.1) is 11.7 Å². The van der Waals surface area contributed by atoms with Crippen molar-refractivity contribution < 1.29 is 13.9 Å². The van der Waals surface area contributed by atoms with Crippen LogP contribution in [0.1, 0.15) is 19.6 Å². The highest BCUT2D eigenvalue weighted by atomic mass is 19.1. The van der Waals surface area contributed by atoms with Gasteiger partial charge in [-0.2, -0.15) is 0 Å². The summed E-state index contributed by atoms with van der Waals surface area (Å²) in [7, 11) is 0. The molecule has 0 fully saturated rings. The zero-order valence-electron chi connectivity index (χ0n) is 11.8. The third-order valence-corrected chi connectivity index (χ3v) is 3.21. The zero-order chi connectivity index (χ0) is 14.5. The molecule has 0 aliphatic heterocycles. The Morgan fingerprint density at radius 1 is 1.15 bits per heavy atom. The summed E-state index contributed by atoms with van der Waals surface area (Å²) in [6, 6.07) is 9.95. The van der Waals surface area contributed by atoms with Crippen LogP contribution in [0.25, 0.3) is 11.3 Å². The number of furan rings is 1. The van der Waals surface area contributed by atoms with Crippen molar-refractivity contribution in [2.75, 3.05) is 6.54 Å². The van der Waals surface area contributed by atoms with E-state index in [1.54, 1.807) is 12.1 Å². The number of aliphatic hydroxyl groups is 1. The van der Waals surface area contributed by atoms with Crippen LogP contribution in [0.5, 0.6) is 0 Å². The number of benzene rings is 1. The van der Waals surface area contributed by atoms with E-state index in [-0.39, 0.29) is 17.8 Å². The first-order chi connectivity index (χ1) is 9.56. The molecule has 0 aliphatic rings. The Hall–Kier alpha value is -1.65. The molecule has 0 saturated carbocycles. The first kappa shape index (κ1) is 14.8.